The molecule has 100 valence electrons. The van der Waals surface area contributed by atoms with Crippen LogP contribution in [0.5, 0.6) is 5.75 Å². The number of rotatable bonds is 5. The van der Waals surface area contributed by atoms with Crippen molar-refractivity contribution in [3.8, 4) is 11.4 Å². The Labute approximate surface area is 113 Å². The van der Waals surface area contributed by atoms with Gasteiger partial charge >= 0.3 is 0 Å². The van der Waals surface area contributed by atoms with Crippen molar-refractivity contribution in [3.05, 3.63) is 42.7 Å². The van der Waals surface area contributed by atoms with E-state index < -0.39 is 6.10 Å². The Morgan fingerprint density at radius 2 is 1.89 bits per heavy atom. The van der Waals surface area contributed by atoms with Crippen molar-refractivity contribution in [1.29, 1.82) is 0 Å². The fourth-order valence-electron chi connectivity index (χ4n) is 1.82. The number of hydrogen-bond donors (Lipinski definition) is 0. The van der Waals surface area contributed by atoms with Crippen molar-refractivity contribution in [2.24, 2.45) is 5.92 Å². The highest BCUT2D eigenvalue weighted by molar-refractivity contribution is 5.84. The first-order chi connectivity index (χ1) is 9.08. The van der Waals surface area contributed by atoms with Crippen LogP contribution < -0.4 is 4.74 Å². The third kappa shape index (κ3) is 3.22. The van der Waals surface area contributed by atoms with E-state index >= 15 is 0 Å². The van der Waals surface area contributed by atoms with E-state index in [0.29, 0.717) is 5.75 Å². The molecule has 0 radical (unpaired) electrons. The van der Waals surface area contributed by atoms with E-state index in [2.05, 4.69) is 5.10 Å². The van der Waals surface area contributed by atoms with Crippen LogP contribution in [0.4, 0.5) is 0 Å². The van der Waals surface area contributed by atoms with Gasteiger partial charge in [0.05, 0.1) is 18.1 Å². The highest BCUT2D eigenvalue weighted by atomic mass is 16.5. The van der Waals surface area contributed by atoms with Crippen LogP contribution >= 0.6 is 0 Å². The summed E-state index contributed by atoms with van der Waals surface area (Å²) in [6.45, 7) is 5.51. The molecule has 0 spiro atoms. The van der Waals surface area contributed by atoms with Crippen molar-refractivity contribution in [2.75, 3.05) is 0 Å². The van der Waals surface area contributed by atoms with Crippen LogP contribution in [0.25, 0.3) is 5.69 Å². The maximum absolute atomic E-state index is 11.8. The number of nitrogens with zero attached hydrogens (tertiary/aromatic N) is 2. The van der Waals surface area contributed by atoms with Crippen molar-refractivity contribution < 1.29 is 9.53 Å². The summed E-state index contributed by atoms with van der Waals surface area (Å²) in [5.74, 6) is 0.664. The molecular weight excluding hydrogens is 240 g/mol. The zero-order chi connectivity index (χ0) is 13.8. The smallest absolute Gasteiger partial charge is 0.175 e. The zero-order valence-electron chi connectivity index (χ0n) is 11.4. The first-order valence-electron chi connectivity index (χ1n) is 6.38. The van der Waals surface area contributed by atoms with Crippen LogP contribution in [0, 0.1) is 5.92 Å². The second-order valence-corrected chi connectivity index (χ2v) is 4.77. The maximum atomic E-state index is 11.8. The third-order valence-electron chi connectivity index (χ3n) is 2.86. The molecule has 0 saturated heterocycles. The van der Waals surface area contributed by atoms with Crippen LogP contribution in [0.1, 0.15) is 20.8 Å². The SMILES string of the molecule is CC(C)C(=O)C(C)Oc1cnn(-c2ccccc2)c1. The van der Waals surface area contributed by atoms with Crippen molar-refractivity contribution in [2.45, 2.75) is 26.9 Å². The second-order valence-electron chi connectivity index (χ2n) is 4.77. The van der Waals surface area contributed by atoms with Crippen LogP contribution in [-0.2, 0) is 4.79 Å². The Kier molecular flexibility index (Phi) is 4.00. The molecule has 1 atom stereocenters. The van der Waals surface area contributed by atoms with Crippen LogP contribution in [-0.4, -0.2) is 21.7 Å². The number of carbonyl (C=O) groups excluding carboxylic acids is 1. The topological polar surface area (TPSA) is 44.1 Å². The van der Waals surface area contributed by atoms with Gasteiger partial charge in [-0.3, -0.25) is 4.79 Å². The highest BCUT2D eigenvalue weighted by Crippen LogP contribution is 2.16. The fraction of sp³-hybridized carbons (Fsp3) is 0.333. The van der Waals surface area contributed by atoms with E-state index in [1.807, 2.05) is 44.2 Å². The third-order valence-corrected chi connectivity index (χ3v) is 2.86. The Hall–Kier alpha value is -2.10. The predicted octanol–water partition coefficient (Wildman–Crippen LogP) is 2.86. The summed E-state index contributed by atoms with van der Waals surface area (Å²) in [7, 11) is 0. The molecule has 0 aliphatic heterocycles. The van der Waals surface area contributed by atoms with Gasteiger partial charge in [0, 0.05) is 5.92 Å². The fourth-order valence-corrected chi connectivity index (χ4v) is 1.82. The Bertz CT molecular complexity index is 546. The Morgan fingerprint density at radius 3 is 2.53 bits per heavy atom. The first kappa shape index (κ1) is 13.3. The predicted molar refractivity (Wildman–Crippen MR) is 73.5 cm³/mol. The summed E-state index contributed by atoms with van der Waals surface area (Å²) < 4.78 is 7.33. The molecule has 0 aliphatic rings. The Morgan fingerprint density at radius 1 is 1.21 bits per heavy atom. The minimum Gasteiger partial charge on any atom is -0.480 e. The van der Waals surface area contributed by atoms with Gasteiger partial charge in [-0.1, -0.05) is 32.0 Å². The van der Waals surface area contributed by atoms with E-state index in [0.717, 1.165) is 5.69 Å². The van der Waals surface area contributed by atoms with E-state index in [1.54, 1.807) is 24.0 Å². The molecule has 0 saturated carbocycles. The summed E-state index contributed by atoms with van der Waals surface area (Å²) in [6.07, 6.45) is 2.95. The minimum atomic E-state index is -0.451. The number of Topliss-reactive ketones (excluding diaryl/α,β-unsaturated/α-hetero) is 1. The summed E-state index contributed by atoms with van der Waals surface area (Å²) in [6, 6.07) is 9.76. The molecule has 2 rings (SSSR count). The lowest BCUT2D eigenvalue weighted by molar-refractivity contribution is -0.128. The molecule has 1 heterocycles. The molecular formula is C15H18N2O2. The summed E-state index contributed by atoms with van der Waals surface area (Å²) in [4.78, 5) is 11.8. The van der Waals surface area contributed by atoms with E-state index in [1.165, 1.54) is 0 Å². The molecule has 2 aromatic rings. The number of para-hydroxylation sites is 1. The van der Waals surface area contributed by atoms with Gasteiger partial charge in [0.25, 0.3) is 0 Å². The van der Waals surface area contributed by atoms with Crippen molar-refractivity contribution in [1.82, 2.24) is 9.78 Å². The van der Waals surface area contributed by atoms with Crippen molar-refractivity contribution in [3.63, 3.8) is 0 Å². The quantitative estimate of drug-likeness (QED) is 0.828. The normalized spacial score (nSPS) is 12.4. The Balaban J connectivity index is 2.08. The number of aromatic nitrogens is 2. The van der Waals surface area contributed by atoms with Gasteiger partial charge in [-0.05, 0) is 19.1 Å². The lowest BCUT2D eigenvalue weighted by Crippen LogP contribution is -2.27. The van der Waals surface area contributed by atoms with E-state index in [9.17, 15) is 4.79 Å². The minimum absolute atomic E-state index is 0.0285. The van der Waals surface area contributed by atoms with Gasteiger partial charge in [0.2, 0.25) is 0 Å². The van der Waals surface area contributed by atoms with Gasteiger partial charge in [0.1, 0.15) is 0 Å². The molecule has 4 nitrogen and oxygen atoms in total. The maximum Gasteiger partial charge on any atom is 0.175 e. The van der Waals surface area contributed by atoms with Gasteiger partial charge in [-0.25, -0.2) is 4.68 Å². The summed E-state index contributed by atoms with van der Waals surface area (Å²) >= 11 is 0. The number of carbonyl (C=O) groups is 1. The monoisotopic (exact) mass is 258 g/mol. The number of hydrogen-bond acceptors (Lipinski definition) is 3. The number of ether oxygens (including phenoxy) is 1. The zero-order valence-corrected chi connectivity index (χ0v) is 11.4. The van der Waals surface area contributed by atoms with Crippen molar-refractivity contribution >= 4 is 5.78 Å². The lowest BCUT2D eigenvalue weighted by atomic mass is 10.1. The van der Waals surface area contributed by atoms with Crippen LogP contribution in [0.3, 0.4) is 0 Å². The first-order valence-corrected chi connectivity index (χ1v) is 6.38. The largest absolute Gasteiger partial charge is 0.480 e. The van der Waals surface area contributed by atoms with E-state index in [-0.39, 0.29) is 11.7 Å². The molecule has 0 bridgehead atoms. The standard InChI is InChI=1S/C15H18N2O2/c1-11(2)15(18)12(3)19-14-9-16-17(10-14)13-7-5-4-6-8-13/h4-12H,1-3H3. The number of ketones is 1. The van der Waals surface area contributed by atoms with Gasteiger partial charge in [-0.15, -0.1) is 0 Å². The average molecular weight is 258 g/mol. The summed E-state index contributed by atoms with van der Waals surface area (Å²) in [5.41, 5.74) is 0.959. The van der Waals surface area contributed by atoms with Crippen LogP contribution in [0.2, 0.25) is 0 Å². The lowest BCUT2D eigenvalue weighted by Gasteiger charge is -2.13. The molecule has 0 N–H and O–H groups in total. The molecule has 1 aromatic heterocycles. The molecule has 19 heavy (non-hydrogen) atoms. The number of benzene rings is 1. The molecule has 0 amide bonds. The molecule has 0 aliphatic carbocycles. The van der Waals surface area contributed by atoms with E-state index in [4.69, 9.17) is 4.74 Å². The molecule has 1 unspecified atom stereocenters. The summed E-state index contributed by atoms with van der Waals surface area (Å²) in [5, 5.41) is 4.22. The van der Waals surface area contributed by atoms with Gasteiger partial charge < -0.3 is 4.74 Å². The van der Waals surface area contributed by atoms with Gasteiger partial charge in [-0.2, -0.15) is 5.10 Å². The molecule has 0 fully saturated rings. The average Bonchev–Trinajstić information content (AvgIpc) is 2.87. The molecule has 1 aromatic carbocycles. The second kappa shape index (κ2) is 5.69. The van der Waals surface area contributed by atoms with Crippen LogP contribution in [0.15, 0.2) is 42.7 Å². The molecule has 4 heteroatoms. The van der Waals surface area contributed by atoms with Gasteiger partial charge in [0.15, 0.2) is 17.6 Å². The highest BCUT2D eigenvalue weighted by Gasteiger charge is 2.18.